The molecule has 0 radical (unpaired) electrons. The van der Waals surface area contributed by atoms with E-state index in [4.69, 9.17) is 23.4 Å². The van der Waals surface area contributed by atoms with Gasteiger partial charge in [0.25, 0.3) is 0 Å². The number of nitrogens with zero attached hydrogens (tertiary/aromatic N) is 1. The Balaban J connectivity index is 0.000000254. The Labute approximate surface area is 134 Å². The van der Waals surface area contributed by atoms with Crippen molar-refractivity contribution in [1.29, 1.82) is 0 Å². The van der Waals surface area contributed by atoms with Crippen molar-refractivity contribution >= 4 is 0 Å². The maximum absolute atomic E-state index is 8.83. The Morgan fingerprint density at radius 3 is 1.82 bits per heavy atom. The number of fused-ring (bicyclic) bond motifs is 1. The van der Waals surface area contributed by atoms with E-state index in [1.54, 1.807) is 0 Å². The van der Waals surface area contributed by atoms with Gasteiger partial charge in [0.15, 0.2) is 0 Å². The molecular formula is C15H29ClNO5+. The average Bonchev–Trinajstić information content (AvgIpc) is 2.92. The molecular weight excluding hydrogens is 310 g/mol. The minimum absolute atomic E-state index is 0.299. The van der Waals surface area contributed by atoms with Crippen LogP contribution in [0.2, 0.25) is 0 Å². The van der Waals surface area contributed by atoms with Gasteiger partial charge in [-0.2, -0.15) is 0 Å². The predicted molar refractivity (Wildman–Crippen MR) is 74.2 cm³/mol. The van der Waals surface area contributed by atoms with Gasteiger partial charge in [0.1, 0.15) is 12.1 Å². The molecule has 0 aromatic carbocycles. The van der Waals surface area contributed by atoms with Crippen LogP contribution in [0.15, 0.2) is 0 Å². The average molecular weight is 339 g/mol. The third-order valence-corrected chi connectivity index (χ3v) is 6.18. The molecule has 6 nitrogen and oxygen atoms in total. The fourth-order valence-electron chi connectivity index (χ4n) is 5.25. The van der Waals surface area contributed by atoms with Gasteiger partial charge in [-0.15, -0.1) is 0 Å². The molecule has 2 heterocycles. The first-order chi connectivity index (χ1) is 10.3. The van der Waals surface area contributed by atoms with Gasteiger partial charge in [-0.25, -0.2) is 0 Å². The molecule has 4 fully saturated rings. The first-order valence-electron chi connectivity index (χ1n) is 8.51. The van der Waals surface area contributed by atoms with Crippen molar-refractivity contribution < 1.29 is 38.1 Å². The molecule has 3 spiro atoms. The van der Waals surface area contributed by atoms with Crippen molar-refractivity contribution in [3.05, 3.63) is 0 Å². The van der Waals surface area contributed by atoms with Crippen LogP contribution in [-0.2, 0) is 4.74 Å². The summed E-state index contributed by atoms with van der Waals surface area (Å²) in [5.41, 5.74) is 0.608. The summed E-state index contributed by atoms with van der Waals surface area (Å²) < 4.78 is 38.4. The Hall–Kier alpha value is 0.0500. The van der Waals surface area contributed by atoms with E-state index in [1.807, 2.05) is 0 Å². The Kier molecular flexibility index (Phi) is 4.49. The number of halogens is 1. The van der Waals surface area contributed by atoms with E-state index in [9.17, 15) is 0 Å². The number of hydrogen-bond donors (Lipinski definition) is 3. The monoisotopic (exact) mass is 338 g/mol. The summed E-state index contributed by atoms with van der Waals surface area (Å²) in [5, 5.41) is 0. The molecule has 0 atom stereocenters. The maximum atomic E-state index is 8.83. The predicted octanol–water partition coefficient (Wildman–Crippen LogP) is 0.350. The molecule has 2 saturated carbocycles. The summed E-state index contributed by atoms with van der Waals surface area (Å²) in [6, 6.07) is 0. The van der Waals surface area contributed by atoms with Gasteiger partial charge < -0.3 is 4.74 Å². The molecule has 3 N–H and O–H groups in total. The topological polar surface area (TPSA) is 93.0 Å². The molecule has 2 aliphatic carbocycles. The summed E-state index contributed by atoms with van der Waals surface area (Å²) >= 11 is 0. The van der Waals surface area contributed by atoms with Crippen LogP contribution in [-0.4, -0.2) is 49.4 Å². The number of ether oxygens (including phenoxy) is 1. The molecule has 2 saturated heterocycles. The van der Waals surface area contributed by atoms with E-state index in [0.29, 0.717) is 11.3 Å². The van der Waals surface area contributed by atoms with Gasteiger partial charge in [0.2, 0.25) is 5.72 Å². The van der Waals surface area contributed by atoms with Crippen molar-refractivity contribution in [1.82, 2.24) is 0 Å². The molecule has 22 heavy (non-hydrogen) atoms. The van der Waals surface area contributed by atoms with Gasteiger partial charge in [-0.3, -0.25) is 4.48 Å². The second kappa shape index (κ2) is 5.84. The molecule has 0 aromatic heterocycles. The molecule has 2 aliphatic heterocycles. The van der Waals surface area contributed by atoms with Crippen molar-refractivity contribution in [2.75, 3.05) is 19.6 Å². The zero-order valence-electron chi connectivity index (χ0n) is 13.2. The van der Waals surface area contributed by atoms with E-state index >= 15 is 0 Å². The van der Waals surface area contributed by atoms with Crippen LogP contribution in [0.5, 0.6) is 0 Å². The van der Waals surface area contributed by atoms with Gasteiger partial charge >= 0.3 is 28.9 Å². The summed E-state index contributed by atoms with van der Waals surface area (Å²) in [4.78, 5) is 0. The molecule has 130 valence electrons. The van der Waals surface area contributed by atoms with Crippen molar-refractivity contribution in [3.8, 4) is 0 Å². The summed E-state index contributed by atoms with van der Waals surface area (Å²) in [5.74, 6) is 0. The van der Waals surface area contributed by atoms with Crippen LogP contribution in [0.4, 0.5) is 0 Å². The fourth-order valence-corrected chi connectivity index (χ4v) is 5.25. The van der Waals surface area contributed by atoms with E-state index in [1.165, 1.54) is 88.3 Å². The second-order valence-corrected chi connectivity index (χ2v) is 8.40. The fraction of sp³-hybridized carbons (Fsp3) is 1.00. The van der Waals surface area contributed by atoms with Crippen LogP contribution in [0.1, 0.15) is 64.2 Å². The van der Waals surface area contributed by atoms with Gasteiger partial charge in [-0.05, 0) is 19.3 Å². The molecule has 4 aliphatic rings. The molecule has 0 unspecified atom stereocenters. The Bertz CT molecular complexity index is 389. The molecule has 7 heteroatoms. The zero-order chi connectivity index (χ0) is 15.9. The molecule has 0 amide bonds. The molecule has 0 aromatic rings. The number of hydrogen-bond acceptors (Lipinski definition) is 5. The minimum atomic E-state index is -4.19. The van der Waals surface area contributed by atoms with Gasteiger partial charge in [0, 0.05) is 25.7 Å². The Morgan fingerprint density at radius 2 is 1.36 bits per heavy atom. The summed E-state index contributed by atoms with van der Waals surface area (Å²) in [6.45, 7) is 4.20. The van der Waals surface area contributed by atoms with Crippen molar-refractivity contribution in [2.24, 2.45) is 0 Å². The number of rotatable bonds is 0. The van der Waals surface area contributed by atoms with Gasteiger partial charge in [-0.1, -0.05) is 19.3 Å². The van der Waals surface area contributed by atoms with Gasteiger partial charge in [0.05, 0.1) is 13.1 Å². The second-order valence-electron chi connectivity index (χ2n) is 7.54. The molecule has 0 bridgehead atoms. The quantitative estimate of drug-likeness (QED) is 0.554. The standard InChI is InChI=1S/C15H26NO.ClH3O4/c1-2-7-14(8-3-1)13-16(11-4-5-12-16)15(17-14)9-6-10-15;2-1(3,4)5/h1-13H2;2-4H/q+1;. The third kappa shape index (κ3) is 3.15. The Morgan fingerprint density at radius 1 is 0.818 bits per heavy atom. The van der Waals surface area contributed by atoms with Crippen LogP contribution in [0.25, 0.3) is 0 Å². The van der Waals surface area contributed by atoms with E-state index in [2.05, 4.69) is 0 Å². The van der Waals surface area contributed by atoms with E-state index in [0.717, 1.165) is 0 Å². The van der Waals surface area contributed by atoms with E-state index < -0.39 is 10.2 Å². The normalized spacial score (nSPS) is 31.8. The van der Waals surface area contributed by atoms with E-state index in [-0.39, 0.29) is 0 Å². The third-order valence-electron chi connectivity index (χ3n) is 6.18. The summed E-state index contributed by atoms with van der Waals surface area (Å²) in [7, 11) is -4.19. The van der Waals surface area contributed by atoms with Crippen LogP contribution in [0, 0.1) is 10.2 Å². The number of quaternary nitrogens is 1. The zero-order valence-corrected chi connectivity index (χ0v) is 13.9. The molecule has 4 rings (SSSR count). The van der Waals surface area contributed by atoms with Crippen LogP contribution < -0.4 is 4.66 Å². The van der Waals surface area contributed by atoms with Crippen molar-refractivity contribution in [3.63, 3.8) is 0 Å². The SMILES string of the molecule is C1CCC2(CC1)C[N+]1(CCCC1)C1(CCC1)O2.[O-][Cl+](O)(O)O. The van der Waals surface area contributed by atoms with Crippen LogP contribution in [0.3, 0.4) is 0 Å². The van der Waals surface area contributed by atoms with Crippen molar-refractivity contribution in [2.45, 2.75) is 75.5 Å². The first-order valence-corrected chi connectivity index (χ1v) is 9.83. The summed E-state index contributed by atoms with van der Waals surface area (Å²) in [6.07, 6.45) is 14.0. The first kappa shape index (κ1) is 16.9. The van der Waals surface area contributed by atoms with Crippen LogP contribution >= 0.6 is 0 Å².